The summed E-state index contributed by atoms with van der Waals surface area (Å²) in [4.78, 5) is 3.95. The van der Waals surface area contributed by atoms with E-state index in [9.17, 15) is 0 Å². The lowest BCUT2D eigenvalue weighted by Gasteiger charge is -1.96. The number of aryl methyl sites for hydroxylation is 1. The molecule has 0 spiro atoms. The monoisotopic (exact) mass is 222 g/mol. The molecule has 0 unspecified atom stereocenters. The van der Waals surface area contributed by atoms with Crippen LogP contribution in [0.25, 0.3) is 0 Å². The number of hydrogen-bond acceptors (Lipinski definition) is 5. The van der Waals surface area contributed by atoms with Crippen LogP contribution in [0.1, 0.15) is 11.3 Å². The van der Waals surface area contributed by atoms with E-state index in [1.54, 1.807) is 24.3 Å². The Hall–Kier alpha value is -1.82. The van der Waals surface area contributed by atoms with Crippen molar-refractivity contribution in [1.29, 1.82) is 0 Å². The van der Waals surface area contributed by atoms with Gasteiger partial charge in [-0.25, -0.2) is 0 Å². The highest BCUT2D eigenvalue weighted by atomic mass is 16.5. The zero-order chi connectivity index (χ0) is 11.4. The minimum atomic E-state index is 0.341. The molecule has 0 aliphatic carbocycles. The van der Waals surface area contributed by atoms with Crippen molar-refractivity contribution in [3.63, 3.8) is 0 Å². The second-order valence-corrected chi connectivity index (χ2v) is 3.44. The van der Waals surface area contributed by atoms with E-state index in [0.717, 1.165) is 17.9 Å². The molecule has 0 bridgehead atoms. The van der Waals surface area contributed by atoms with Gasteiger partial charge in [0, 0.05) is 19.2 Å². The van der Waals surface area contributed by atoms with E-state index >= 15 is 0 Å². The van der Waals surface area contributed by atoms with Crippen molar-refractivity contribution in [2.24, 2.45) is 7.05 Å². The molecule has 86 valence electrons. The predicted octanol–water partition coefficient (Wildman–Crippen LogP) is 0.706. The summed E-state index contributed by atoms with van der Waals surface area (Å²) in [5, 5.41) is 7.04. The maximum absolute atomic E-state index is 5.35. The highest BCUT2D eigenvalue weighted by molar-refractivity contribution is 5.12. The Balaban J connectivity index is 1.89. The van der Waals surface area contributed by atoms with Crippen LogP contribution in [-0.4, -0.2) is 21.8 Å². The van der Waals surface area contributed by atoms with E-state index < -0.39 is 0 Å². The second-order valence-electron chi connectivity index (χ2n) is 3.44. The van der Waals surface area contributed by atoms with Gasteiger partial charge >= 0.3 is 6.01 Å². The number of nitrogens with one attached hydrogen (secondary N) is 1. The molecule has 0 aromatic carbocycles. The molecular formula is C10H14N4O2. The largest absolute Gasteiger partial charge is 0.465 e. The van der Waals surface area contributed by atoms with Crippen LogP contribution in [0.15, 0.2) is 23.1 Å². The fourth-order valence-corrected chi connectivity index (χ4v) is 1.32. The number of aromatic nitrogens is 3. The standard InChI is InChI=1S/C10H14N4O2/c1-11-4-8-3-9(15-5-8)6-16-10-12-7-14(2)13-10/h3,5,7,11H,4,6H2,1-2H3. The third-order valence-corrected chi connectivity index (χ3v) is 2.01. The molecule has 2 rings (SSSR count). The molecule has 2 heterocycles. The normalized spacial score (nSPS) is 10.6. The van der Waals surface area contributed by atoms with Gasteiger partial charge in [-0.1, -0.05) is 0 Å². The van der Waals surface area contributed by atoms with Crippen molar-refractivity contribution >= 4 is 0 Å². The molecule has 0 saturated heterocycles. The Morgan fingerprint density at radius 3 is 3.12 bits per heavy atom. The van der Waals surface area contributed by atoms with Crippen molar-refractivity contribution in [3.8, 4) is 6.01 Å². The molecule has 2 aromatic rings. The van der Waals surface area contributed by atoms with E-state index in [0.29, 0.717) is 12.6 Å². The maximum Gasteiger partial charge on any atom is 0.335 e. The van der Waals surface area contributed by atoms with Crippen molar-refractivity contribution in [2.75, 3.05) is 7.05 Å². The molecule has 16 heavy (non-hydrogen) atoms. The van der Waals surface area contributed by atoms with Gasteiger partial charge < -0.3 is 14.5 Å². The van der Waals surface area contributed by atoms with E-state index in [-0.39, 0.29) is 0 Å². The summed E-state index contributed by atoms with van der Waals surface area (Å²) < 4.78 is 12.3. The first-order valence-electron chi connectivity index (χ1n) is 4.97. The summed E-state index contributed by atoms with van der Waals surface area (Å²) >= 11 is 0. The zero-order valence-corrected chi connectivity index (χ0v) is 9.30. The molecule has 0 aliphatic rings. The van der Waals surface area contributed by atoms with E-state index in [2.05, 4.69) is 15.4 Å². The minimum absolute atomic E-state index is 0.341. The van der Waals surface area contributed by atoms with E-state index in [4.69, 9.17) is 9.15 Å². The Morgan fingerprint density at radius 2 is 2.44 bits per heavy atom. The van der Waals surface area contributed by atoms with Gasteiger partial charge in [0.2, 0.25) is 0 Å². The summed E-state index contributed by atoms with van der Waals surface area (Å²) in [5.74, 6) is 0.762. The minimum Gasteiger partial charge on any atom is -0.465 e. The van der Waals surface area contributed by atoms with Crippen molar-refractivity contribution in [3.05, 3.63) is 30.0 Å². The van der Waals surface area contributed by atoms with E-state index in [1.165, 1.54) is 0 Å². The fourth-order valence-electron chi connectivity index (χ4n) is 1.32. The molecule has 1 N–H and O–H groups in total. The third-order valence-electron chi connectivity index (χ3n) is 2.01. The van der Waals surface area contributed by atoms with Gasteiger partial charge in [-0.15, -0.1) is 5.10 Å². The van der Waals surface area contributed by atoms with Gasteiger partial charge in [0.05, 0.1) is 6.26 Å². The van der Waals surface area contributed by atoms with Crippen molar-refractivity contribution in [2.45, 2.75) is 13.2 Å². The first kappa shape index (κ1) is 10.7. The van der Waals surface area contributed by atoms with Gasteiger partial charge in [-0.2, -0.15) is 4.98 Å². The molecule has 0 amide bonds. The van der Waals surface area contributed by atoms with Crippen LogP contribution in [0.3, 0.4) is 0 Å². The molecule has 0 aliphatic heterocycles. The Morgan fingerprint density at radius 1 is 1.56 bits per heavy atom. The lowest BCUT2D eigenvalue weighted by molar-refractivity contribution is 0.249. The average Bonchev–Trinajstić information content (AvgIpc) is 2.85. The number of furan rings is 1. The van der Waals surface area contributed by atoms with Gasteiger partial charge in [-0.3, -0.25) is 4.68 Å². The van der Waals surface area contributed by atoms with Crippen LogP contribution in [0.5, 0.6) is 6.01 Å². The highest BCUT2D eigenvalue weighted by Crippen LogP contribution is 2.10. The lowest BCUT2D eigenvalue weighted by Crippen LogP contribution is -2.03. The van der Waals surface area contributed by atoms with Crippen LogP contribution < -0.4 is 10.1 Å². The molecule has 6 nitrogen and oxygen atoms in total. The zero-order valence-electron chi connectivity index (χ0n) is 9.30. The van der Waals surface area contributed by atoms with Crippen LogP contribution in [-0.2, 0) is 20.2 Å². The summed E-state index contributed by atoms with van der Waals surface area (Å²) in [5.41, 5.74) is 1.09. The quantitative estimate of drug-likeness (QED) is 0.807. The van der Waals surface area contributed by atoms with Crippen LogP contribution in [0, 0.1) is 0 Å². The molecule has 0 atom stereocenters. The predicted molar refractivity (Wildman–Crippen MR) is 56.8 cm³/mol. The number of rotatable bonds is 5. The SMILES string of the molecule is CNCc1coc(COc2ncn(C)n2)c1. The topological polar surface area (TPSA) is 65.1 Å². The first-order valence-corrected chi connectivity index (χ1v) is 4.97. The second kappa shape index (κ2) is 4.80. The number of ether oxygens (including phenoxy) is 1. The van der Waals surface area contributed by atoms with Gasteiger partial charge in [0.1, 0.15) is 18.7 Å². The van der Waals surface area contributed by atoms with Gasteiger partial charge in [0.25, 0.3) is 0 Å². The average molecular weight is 222 g/mol. The fraction of sp³-hybridized carbons (Fsp3) is 0.400. The number of nitrogens with zero attached hydrogens (tertiary/aromatic N) is 3. The van der Waals surface area contributed by atoms with Gasteiger partial charge in [-0.05, 0) is 13.1 Å². The lowest BCUT2D eigenvalue weighted by atomic mass is 10.3. The maximum atomic E-state index is 5.35. The van der Waals surface area contributed by atoms with Gasteiger partial charge in [0.15, 0.2) is 0 Å². The van der Waals surface area contributed by atoms with Crippen LogP contribution in [0.4, 0.5) is 0 Å². The summed E-state index contributed by atoms with van der Waals surface area (Å²) in [6.07, 6.45) is 3.30. The Bertz CT molecular complexity index is 449. The van der Waals surface area contributed by atoms with Crippen LogP contribution in [0.2, 0.25) is 0 Å². The smallest absolute Gasteiger partial charge is 0.335 e. The number of hydrogen-bond donors (Lipinski definition) is 1. The molecule has 0 radical (unpaired) electrons. The first-order chi connectivity index (χ1) is 7.78. The van der Waals surface area contributed by atoms with Crippen molar-refractivity contribution in [1.82, 2.24) is 20.1 Å². The van der Waals surface area contributed by atoms with E-state index in [1.807, 2.05) is 13.1 Å². The third kappa shape index (κ3) is 2.60. The summed E-state index contributed by atoms with van der Waals surface area (Å²) in [6.45, 7) is 1.12. The molecule has 6 heteroatoms. The molecule has 0 saturated carbocycles. The van der Waals surface area contributed by atoms with Crippen molar-refractivity contribution < 1.29 is 9.15 Å². The Labute approximate surface area is 93.2 Å². The summed E-state index contributed by atoms with van der Waals surface area (Å²) in [6, 6.07) is 2.30. The highest BCUT2D eigenvalue weighted by Gasteiger charge is 2.04. The molecule has 2 aromatic heterocycles. The summed E-state index contributed by atoms with van der Waals surface area (Å²) in [7, 11) is 3.68. The molecule has 0 fully saturated rings. The molecular weight excluding hydrogens is 208 g/mol. The Kier molecular flexibility index (Phi) is 3.21. The van der Waals surface area contributed by atoms with Crippen LogP contribution >= 0.6 is 0 Å².